The van der Waals surface area contributed by atoms with Gasteiger partial charge in [0.05, 0.1) is 38.6 Å². The number of rotatable bonds is 10. The Hall–Kier alpha value is -4.38. The van der Waals surface area contributed by atoms with Crippen LogP contribution in [0.15, 0.2) is 71.7 Å². The highest BCUT2D eigenvalue weighted by Gasteiger charge is 2.39. The van der Waals surface area contributed by atoms with E-state index in [0.717, 1.165) is 5.56 Å². The summed E-state index contributed by atoms with van der Waals surface area (Å²) >= 11 is 1.18. The molecular weight excluding hydrogens is 537 g/mol. The van der Waals surface area contributed by atoms with Crippen LogP contribution in [-0.2, 0) is 20.9 Å². The molecule has 1 heterocycles. The number of methoxy groups -OCH3 is 2. The van der Waals surface area contributed by atoms with Gasteiger partial charge in [0.25, 0.3) is 0 Å². The van der Waals surface area contributed by atoms with Gasteiger partial charge in [-0.15, -0.1) is 0 Å². The maximum absolute atomic E-state index is 13.5. The number of carbonyl (C=O) groups is 3. The number of hydrogen-bond acceptors (Lipinski definition) is 8. The van der Waals surface area contributed by atoms with E-state index in [9.17, 15) is 18.8 Å². The minimum atomic E-state index is -0.724. The molecule has 1 N–H and O–H groups in total. The van der Waals surface area contributed by atoms with Crippen LogP contribution >= 0.6 is 11.8 Å². The number of esters is 1. The fourth-order valence-electron chi connectivity index (χ4n) is 3.94. The average molecular weight is 566 g/mol. The van der Waals surface area contributed by atoms with Gasteiger partial charge in [0.1, 0.15) is 11.1 Å². The average Bonchev–Trinajstić information content (AvgIpc) is 3.23. The van der Waals surface area contributed by atoms with Crippen LogP contribution in [-0.4, -0.2) is 53.9 Å². The van der Waals surface area contributed by atoms with E-state index in [1.807, 2.05) is 6.07 Å². The quantitative estimate of drug-likeness (QED) is 0.338. The highest BCUT2D eigenvalue weighted by atomic mass is 32.2. The third-order valence-corrected chi connectivity index (χ3v) is 7.09. The second-order valence-corrected chi connectivity index (χ2v) is 9.81. The zero-order valence-corrected chi connectivity index (χ0v) is 23.0. The number of ether oxygens (including phenoxy) is 3. The van der Waals surface area contributed by atoms with Crippen LogP contribution in [0.2, 0.25) is 0 Å². The molecule has 0 bridgehead atoms. The molecule has 3 aromatic carbocycles. The summed E-state index contributed by atoms with van der Waals surface area (Å²) in [6.07, 6.45) is -0.107. The van der Waals surface area contributed by atoms with Crippen LogP contribution in [0.25, 0.3) is 0 Å². The van der Waals surface area contributed by atoms with Crippen molar-refractivity contribution in [1.29, 1.82) is 0 Å². The molecule has 0 aromatic heterocycles. The Bertz CT molecular complexity index is 1410. The molecule has 0 saturated carbocycles. The van der Waals surface area contributed by atoms with Gasteiger partial charge in [0.15, 0.2) is 16.7 Å². The molecule has 1 saturated heterocycles. The molecule has 1 atom stereocenters. The van der Waals surface area contributed by atoms with E-state index >= 15 is 0 Å². The van der Waals surface area contributed by atoms with Crippen molar-refractivity contribution < 1.29 is 33.0 Å². The topological polar surface area (TPSA) is 107 Å². The lowest BCUT2D eigenvalue weighted by Crippen LogP contribution is -2.33. The van der Waals surface area contributed by atoms with Crippen molar-refractivity contribution in [3.8, 4) is 11.5 Å². The van der Waals surface area contributed by atoms with E-state index in [2.05, 4.69) is 10.3 Å². The SMILES string of the molecule is CCOC(=O)c1ccc(N=C2S[C@H](CC(=O)Nc3ccc(F)cc3)C(=O)N2Cc2ccc(OC)c(OC)c2)cc1. The number of hydrogen-bond donors (Lipinski definition) is 1. The zero-order valence-electron chi connectivity index (χ0n) is 22.2. The van der Waals surface area contributed by atoms with Crippen LogP contribution in [0.5, 0.6) is 11.5 Å². The van der Waals surface area contributed by atoms with Gasteiger partial charge < -0.3 is 19.5 Å². The predicted octanol–water partition coefficient (Wildman–Crippen LogP) is 5.18. The first-order valence-electron chi connectivity index (χ1n) is 12.4. The lowest BCUT2D eigenvalue weighted by Gasteiger charge is -2.18. The Morgan fingerprint density at radius 3 is 2.35 bits per heavy atom. The molecule has 2 amide bonds. The first-order valence-corrected chi connectivity index (χ1v) is 13.3. The Balaban J connectivity index is 1.58. The summed E-state index contributed by atoms with van der Waals surface area (Å²) in [6.45, 7) is 2.18. The number of amidine groups is 1. The zero-order chi connectivity index (χ0) is 28.6. The normalized spacial score (nSPS) is 15.7. The first kappa shape index (κ1) is 28.6. The summed E-state index contributed by atoms with van der Waals surface area (Å²) in [5.41, 5.74) is 2.11. The van der Waals surface area contributed by atoms with E-state index in [1.165, 1.54) is 55.1 Å². The molecule has 3 aromatic rings. The number of halogens is 1. The standard InChI is InChI=1S/C29H28FN3O6S/c1-4-39-28(36)19-6-10-22(11-7-19)32-29-33(17-18-5-14-23(37-2)24(15-18)38-3)27(35)25(40-29)16-26(34)31-21-12-8-20(30)9-13-21/h5-15,25H,4,16-17H2,1-3H3,(H,31,34)/t25-/m1/s1. The van der Waals surface area contributed by atoms with Crippen molar-refractivity contribution in [3.63, 3.8) is 0 Å². The number of nitrogens with zero attached hydrogens (tertiary/aromatic N) is 2. The molecular formula is C29H28FN3O6S. The summed E-state index contributed by atoms with van der Waals surface area (Å²) in [5.74, 6) is -0.447. The number of benzene rings is 3. The summed E-state index contributed by atoms with van der Waals surface area (Å²) in [7, 11) is 3.07. The Morgan fingerprint density at radius 2 is 1.70 bits per heavy atom. The number of carbonyl (C=O) groups excluding carboxylic acids is 3. The third kappa shape index (κ3) is 6.97. The molecule has 40 heavy (non-hydrogen) atoms. The van der Waals surface area contributed by atoms with Gasteiger partial charge in [-0.1, -0.05) is 17.8 Å². The Kier molecular flexibility index (Phi) is 9.39. The van der Waals surface area contributed by atoms with Crippen LogP contribution in [0.4, 0.5) is 15.8 Å². The minimum absolute atomic E-state index is 0.107. The van der Waals surface area contributed by atoms with Crippen molar-refractivity contribution in [2.24, 2.45) is 4.99 Å². The van der Waals surface area contributed by atoms with Gasteiger partial charge in [-0.25, -0.2) is 14.2 Å². The van der Waals surface area contributed by atoms with E-state index < -0.39 is 17.0 Å². The fourth-order valence-corrected chi connectivity index (χ4v) is 5.10. The number of thioether (sulfide) groups is 1. The highest BCUT2D eigenvalue weighted by Crippen LogP contribution is 2.35. The van der Waals surface area contributed by atoms with Crippen molar-refractivity contribution in [3.05, 3.63) is 83.7 Å². The van der Waals surface area contributed by atoms with Gasteiger partial charge in [-0.05, 0) is 73.2 Å². The molecule has 1 aliphatic rings. The van der Waals surface area contributed by atoms with Crippen LogP contribution < -0.4 is 14.8 Å². The molecule has 1 aliphatic heterocycles. The number of amides is 2. The van der Waals surface area contributed by atoms with Gasteiger partial charge in [0.2, 0.25) is 11.8 Å². The molecule has 4 rings (SSSR count). The molecule has 208 valence electrons. The number of anilines is 1. The smallest absolute Gasteiger partial charge is 0.338 e. The van der Waals surface area contributed by atoms with Gasteiger partial charge >= 0.3 is 5.97 Å². The third-order valence-electron chi connectivity index (χ3n) is 5.91. The second-order valence-electron chi connectivity index (χ2n) is 8.64. The van der Waals surface area contributed by atoms with Crippen LogP contribution in [0.1, 0.15) is 29.3 Å². The number of aliphatic imine (C=N–C) groups is 1. The fraction of sp³-hybridized carbons (Fsp3) is 0.241. The van der Waals surface area contributed by atoms with E-state index in [1.54, 1.807) is 43.3 Å². The van der Waals surface area contributed by atoms with E-state index in [4.69, 9.17) is 14.2 Å². The predicted molar refractivity (Wildman–Crippen MR) is 151 cm³/mol. The maximum Gasteiger partial charge on any atom is 0.338 e. The largest absolute Gasteiger partial charge is 0.493 e. The summed E-state index contributed by atoms with van der Waals surface area (Å²) in [6, 6.07) is 17.3. The summed E-state index contributed by atoms with van der Waals surface area (Å²) in [5, 5.41) is 2.38. The van der Waals surface area contributed by atoms with E-state index in [0.29, 0.717) is 33.6 Å². The molecule has 11 heteroatoms. The van der Waals surface area contributed by atoms with Crippen molar-refractivity contribution in [1.82, 2.24) is 4.90 Å². The van der Waals surface area contributed by atoms with Gasteiger partial charge in [0, 0.05) is 12.1 Å². The van der Waals surface area contributed by atoms with Gasteiger partial charge in [-0.2, -0.15) is 0 Å². The van der Waals surface area contributed by atoms with Crippen molar-refractivity contribution >= 4 is 46.1 Å². The van der Waals surface area contributed by atoms with Gasteiger partial charge in [-0.3, -0.25) is 14.5 Å². The van der Waals surface area contributed by atoms with Crippen molar-refractivity contribution in [2.45, 2.75) is 25.1 Å². The minimum Gasteiger partial charge on any atom is -0.493 e. The summed E-state index contributed by atoms with van der Waals surface area (Å²) in [4.78, 5) is 44.4. The van der Waals surface area contributed by atoms with Crippen molar-refractivity contribution in [2.75, 3.05) is 26.1 Å². The molecule has 1 fully saturated rings. The molecule has 9 nitrogen and oxygen atoms in total. The first-order chi connectivity index (χ1) is 19.3. The Labute approximate surface area is 235 Å². The van der Waals surface area contributed by atoms with Crippen LogP contribution in [0, 0.1) is 5.82 Å². The summed E-state index contributed by atoms with van der Waals surface area (Å²) < 4.78 is 28.9. The molecule has 0 radical (unpaired) electrons. The number of nitrogens with one attached hydrogen (secondary N) is 1. The lowest BCUT2D eigenvalue weighted by atomic mass is 10.1. The molecule has 0 unspecified atom stereocenters. The molecule has 0 spiro atoms. The van der Waals surface area contributed by atoms with E-state index in [-0.39, 0.29) is 31.4 Å². The maximum atomic E-state index is 13.5. The second kappa shape index (κ2) is 13.1. The highest BCUT2D eigenvalue weighted by molar-refractivity contribution is 8.15. The van der Waals surface area contributed by atoms with Crippen LogP contribution in [0.3, 0.4) is 0 Å². The Morgan fingerprint density at radius 1 is 1.00 bits per heavy atom. The molecule has 0 aliphatic carbocycles. The lowest BCUT2D eigenvalue weighted by molar-refractivity contribution is -0.128. The monoisotopic (exact) mass is 565 g/mol.